The minimum absolute atomic E-state index is 0. The molecule has 0 spiro atoms. The zero-order chi connectivity index (χ0) is 0. The van der Waals surface area contributed by atoms with Crippen molar-refractivity contribution in [3.63, 3.8) is 0 Å². The standard InChI is InChI=1S/3CH3.V.W/h3*1H3;;/q3*-1;;+2. The summed E-state index contributed by atoms with van der Waals surface area (Å²) in [6, 6.07) is 0. The first-order valence-corrected chi connectivity index (χ1v) is 0. The molecule has 0 atom stereocenters. The summed E-state index contributed by atoms with van der Waals surface area (Å²) >= 11 is 0. The predicted octanol–water partition coefficient (Wildman–Crippen LogP) is 1.35. The van der Waals surface area contributed by atoms with E-state index in [1.54, 1.807) is 0 Å². The van der Waals surface area contributed by atoms with Gasteiger partial charge in [0.25, 0.3) is 0 Å². The number of hydrogen-bond donors (Lipinski definition) is 0. The maximum absolute atomic E-state index is 0. The summed E-state index contributed by atoms with van der Waals surface area (Å²) < 4.78 is 0. The van der Waals surface area contributed by atoms with Crippen LogP contribution in [0.1, 0.15) is 0 Å². The molecule has 0 aliphatic carbocycles. The maximum Gasteiger partial charge on any atom is 2.00 e. The van der Waals surface area contributed by atoms with Gasteiger partial charge in [-0.25, -0.2) is 0 Å². The van der Waals surface area contributed by atoms with Crippen LogP contribution >= 0.6 is 0 Å². The molecule has 0 saturated heterocycles. The molecule has 0 nitrogen and oxygen atoms in total. The summed E-state index contributed by atoms with van der Waals surface area (Å²) in [5.74, 6) is 0. The fourth-order valence-electron chi connectivity index (χ4n) is 0. The minimum Gasteiger partial charge on any atom is -0.358 e. The SMILES string of the molecule is [CH3-].[CH3-].[CH3-].[V].[W+2]. The Balaban J connectivity index is 0. The van der Waals surface area contributed by atoms with E-state index in [1.807, 2.05) is 0 Å². The molecular formula is C3H9VW-. The molecule has 0 aliphatic rings. The monoisotopic (exact) mass is 280 g/mol. The van der Waals surface area contributed by atoms with Gasteiger partial charge in [0, 0.05) is 18.6 Å². The van der Waals surface area contributed by atoms with Crippen LogP contribution in [-0.4, -0.2) is 0 Å². The molecule has 0 N–H and O–H groups in total. The van der Waals surface area contributed by atoms with Crippen molar-refractivity contribution in [2.24, 2.45) is 0 Å². The normalized spacial score (nSPS) is 0. The van der Waals surface area contributed by atoms with Gasteiger partial charge in [-0.05, 0) is 0 Å². The minimum atomic E-state index is 0. The van der Waals surface area contributed by atoms with Gasteiger partial charge < -0.3 is 22.3 Å². The van der Waals surface area contributed by atoms with E-state index in [4.69, 9.17) is 0 Å². The van der Waals surface area contributed by atoms with Crippen molar-refractivity contribution in [2.75, 3.05) is 0 Å². The van der Waals surface area contributed by atoms with Crippen LogP contribution < -0.4 is 0 Å². The van der Waals surface area contributed by atoms with E-state index in [9.17, 15) is 0 Å². The smallest absolute Gasteiger partial charge is 0.358 e. The fourth-order valence-corrected chi connectivity index (χ4v) is 0. The molecule has 0 heterocycles. The van der Waals surface area contributed by atoms with Crippen molar-refractivity contribution in [3.8, 4) is 0 Å². The Labute approximate surface area is 61.9 Å². The molecule has 0 fully saturated rings. The van der Waals surface area contributed by atoms with Crippen molar-refractivity contribution in [1.82, 2.24) is 0 Å². The Morgan fingerprint density at radius 2 is 0.600 bits per heavy atom. The molecule has 0 saturated carbocycles. The van der Waals surface area contributed by atoms with Crippen molar-refractivity contribution in [3.05, 3.63) is 22.3 Å². The van der Waals surface area contributed by atoms with Crippen LogP contribution in [0.5, 0.6) is 0 Å². The molecule has 0 aromatic carbocycles. The van der Waals surface area contributed by atoms with Crippen LogP contribution in [0.4, 0.5) is 0 Å². The molecular weight excluding hydrogens is 271 g/mol. The average molecular weight is 280 g/mol. The summed E-state index contributed by atoms with van der Waals surface area (Å²) in [5.41, 5.74) is 0. The van der Waals surface area contributed by atoms with E-state index in [-0.39, 0.29) is 61.9 Å². The van der Waals surface area contributed by atoms with Crippen molar-refractivity contribution < 1.29 is 39.6 Å². The van der Waals surface area contributed by atoms with Gasteiger partial charge in [-0.3, -0.25) is 0 Å². The summed E-state index contributed by atoms with van der Waals surface area (Å²) in [6.07, 6.45) is 0. The molecule has 0 amide bonds. The second-order valence-electron chi connectivity index (χ2n) is 0. The third kappa shape index (κ3) is 34.9. The van der Waals surface area contributed by atoms with Gasteiger partial charge in [-0.15, -0.1) is 0 Å². The molecule has 0 aromatic rings. The fraction of sp³-hybridized carbons (Fsp3) is 0. The molecule has 0 aliphatic heterocycles. The summed E-state index contributed by atoms with van der Waals surface area (Å²) in [6.45, 7) is 0. The first-order valence-electron chi connectivity index (χ1n) is 0. The van der Waals surface area contributed by atoms with Crippen LogP contribution in [0, 0.1) is 22.3 Å². The summed E-state index contributed by atoms with van der Waals surface area (Å²) in [7, 11) is 0. The van der Waals surface area contributed by atoms with E-state index in [1.165, 1.54) is 0 Å². The van der Waals surface area contributed by atoms with Gasteiger partial charge in [-0.2, -0.15) is 0 Å². The van der Waals surface area contributed by atoms with Crippen molar-refractivity contribution >= 4 is 0 Å². The Morgan fingerprint density at radius 1 is 0.600 bits per heavy atom. The Hall–Kier alpha value is 1.27. The quantitative estimate of drug-likeness (QED) is 0.587. The first kappa shape index (κ1) is 108. The van der Waals surface area contributed by atoms with Crippen LogP contribution in [0.2, 0.25) is 0 Å². The third-order valence-corrected chi connectivity index (χ3v) is 0. The van der Waals surface area contributed by atoms with Crippen LogP contribution in [-0.2, 0) is 39.6 Å². The van der Waals surface area contributed by atoms with E-state index in [0.717, 1.165) is 0 Å². The Morgan fingerprint density at radius 3 is 0.600 bits per heavy atom. The Kier molecular flexibility index (Phi) is 1280. The van der Waals surface area contributed by atoms with E-state index >= 15 is 0 Å². The maximum atomic E-state index is 0. The molecule has 2 heteroatoms. The molecule has 0 bridgehead atoms. The summed E-state index contributed by atoms with van der Waals surface area (Å²) in [5, 5.41) is 0. The van der Waals surface area contributed by atoms with E-state index in [2.05, 4.69) is 0 Å². The van der Waals surface area contributed by atoms with Gasteiger partial charge in [0.05, 0.1) is 0 Å². The number of hydrogen-bond acceptors (Lipinski definition) is 0. The predicted molar refractivity (Wildman–Crippen MR) is 19.2 cm³/mol. The van der Waals surface area contributed by atoms with Crippen molar-refractivity contribution in [1.29, 1.82) is 0 Å². The van der Waals surface area contributed by atoms with Gasteiger partial charge in [-0.1, -0.05) is 0 Å². The van der Waals surface area contributed by atoms with Gasteiger partial charge in [0.2, 0.25) is 0 Å². The molecule has 0 unspecified atom stereocenters. The molecule has 1 radical (unpaired) electrons. The topological polar surface area (TPSA) is 0 Å². The third-order valence-electron chi connectivity index (χ3n) is 0. The van der Waals surface area contributed by atoms with E-state index < -0.39 is 0 Å². The van der Waals surface area contributed by atoms with E-state index in [0.29, 0.717) is 0 Å². The molecule has 0 rings (SSSR count). The zero-order valence-corrected chi connectivity index (χ0v) is 8.19. The largest absolute Gasteiger partial charge is 2.00 e. The van der Waals surface area contributed by atoms with Crippen molar-refractivity contribution in [2.45, 2.75) is 0 Å². The second-order valence-corrected chi connectivity index (χ2v) is 0. The first-order chi connectivity index (χ1) is 0. The van der Waals surface area contributed by atoms with Gasteiger partial charge in [0.15, 0.2) is 0 Å². The second kappa shape index (κ2) is 59.4. The zero-order valence-electron chi connectivity index (χ0n) is 3.86. The van der Waals surface area contributed by atoms with Crippen LogP contribution in [0.15, 0.2) is 0 Å². The van der Waals surface area contributed by atoms with Gasteiger partial charge in [0.1, 0.15) is 0 Å². The number of rotatable bonds is 0. The average Bonchev–Trinajstić information content (AvgIpc) is 0. The van der Waals surface area contributed by atoms with Crippen LogP contribution in [0.25, 0.3) is 0 Å². The molecule has 33 valence electrons. The molecule has 5 heavy (non-hydrogen) atoms. The van der Waals surface area contributed by atoms with Gasteiger partial charge >= 0.3 is 21.1 Å². The Bertz CT molecular complexity index is 6.85. The van der Waals surface area contributed by atoms with Crippen LogP contribution in [0.3, 0.4) is 0 Å². The molecule has 0 aromatic heterocycles. The summed E-state index contributed by atoms with van der Waals surface area (Å²) in [4.78, 5) is 0.